The van der Waals surface area contributed by atoms with Crippen molar-refractivity contribution in [3.63, 3.8) is 0 Å². The molecule has 0 aliphatic carbocycles. The Kier molecular flexibility index (Phi) is 3.49. The lowest BCUT2D eigenvalue weighted by Gasteiger charge is -2.08. The number of ether oxygens (including phenoxy) is 2. The molecule has 0 N–H and O–H groups in total. The first kappa shape index (κ1) is 11.7. The van der Waals surface area contributed by atoms with Crippen LogP contribution in [0, 0.1) is 11.9 Å². The largest absolute Gasteiger partial charge is 0.497 e. The maximum atomic E-state index is 12.8. The molecular formula is C13H9ClFO2. The summed E-state index contributed by atoms with van der Waals surface area (Å²) in [5.74, 6) is 1.06. The molecule has 87 valence electrons. The van der Waals surface area contributed by atoms with Crippen LogP contribution < -0.4 is 9.47 Å². The smallest absolute Gasteiger partial charge is 0.146 e. The fraction of sp³-hybridized carbons (Fsp3) is 0.0769. The number of rotatable bonds is 3. The van der Waals surface area contributed by atoms with Crippen LogP contribution in [0.3, 0.4) is 0 Å². The highest BCUT2D eigenvalue weighted by Gasteiger charge is 2.05. The number of benzene rings is 2. The molecule has 0 heterocycles. The van der Waals surface area contributed by atoms with E-state index in [9.17, 15) is 4.39 Å². The molecule has 0 fully saturated rings. The molecule has 2 aromatic carbocycles. The molecule has 0 spiro atoms. The van der Waals surface area contributed by atoms with Gasteiger partial charge in [-0.15, -0.1) is 0 Å². The molecule has 4 heteroatoms. The summed E-state index contributed by atoms with van der Waals surface area (Å²) in [4.78, 5) is 0. The van der Waals surface area contributed by atoms with Gasteiger partial charge in [0.15, 0.2) is 0 Å². The summed E-state index contributed by atoms with van der Waals surface area (Å²) < 4.78 is 23.3. The average Bonchev–Trinajstić information content (AvgIpc) is 2.33. The van der Waals surface area contributed by atoms with Crippen LogP contribution in [0.4, 0.5) is 4.39 Å². The second-order valence-corrected chi connectivity index (χ2v) is 3.68. The zero-order chi connectivity index (χ0) is 12.3. The zero-order valence-electron chi connectivity index (χ0n) is 9.04. The maximum Gasteiger partial charge on any atom is 0.146 e. The second-order valence-electron chi connectivity index (χ2n) is 3.27. The molecule has 0 aliphatic heterocycles. The van der Waals surface area contributed by atoms with E-state index in [2.05, 4.69) is 6.07 Å². The van der Waals surface area contributed by atoms with Gasteiger partial charge in [-0.05, 0) is 24.3 Å². The van der Waals surface area contributed by atoms with Crippen LogP contribution in [0.25, 0.3) is 0 Å². The van der Waals surface area contributed by atoms with Crippen LogP contribution in [0.2, 0.25) is 5.02 Å². The van der Waals surface area contributed by atoms with Crippen molar-refractivity contribution in [2.24, 2.45) is 0 Å². The summed E-state index contributed by atoms with van der Waals surface area (Å²) in [5.41, 5.74) is 0. The van der Waals surface area contributed by atoms with Gasteiger partial charge in [-0.25, -0.2) is 4.39 Å². The molecule has 0 amide bonds. The van der Waals surface area contributed by atoms with Crippen LogP contribution >= 0.6 is 11.6 Å². The Labute approximate surface area is 104 Å². The van der Waals surface area contributed by atoms with Crippen molar-refractivity contribution in [2.45, 2.75) is 0 Å². The van der Waals surface area contributed by atoms with E-state index >= 15 is 0 Å². The second kappa shape index (κ2) is 5.06. The van der Waals surface area contributed by atoms with E-state index in [1.54, 1.807) is 31.4 Å². The monoisotopic (exact) mass is 251 g/mol. The van der Waals surface area contributed by atoms with Gasteiger partial charge >= 0.3 is 0 Å². The van der Waals surface area contributed by atoms with Crippen LogP contribution in [0.5, 0.6) is 17.2 Å². The Hall–Kier alpha value is -1.74. The molecule has 0 aliphatic rings. The van der Waals surface area contributed by atoms with Crippen molar-refractivity contribution in [3.8, 4) is 17.2 Å². The number of methoxy groups -OCH3 is 1. The van der Waals surface area contributed by atoms with Gasteiger partial charge in [0.05, 0.1) is 12.1 Å². The molecule has 2 aromatic rings. The predicted molar refractivity (Wildman–Crippen MR) is 63.3 cm³/mol. The summed E-state index contributed by atoms with van der Waals surface area (Å²) in [6.45, 7) is 0. The van der Waals surface area contributed by atoms with E-state index in [0.29, 0.717) is 17.2 Å². The highest BCUT2D eigenvalue weighted by molar-refractivity contribution is 6.32. The molecule has 2 rings (SSSR count). The molecule has 17 heavy (non-hydrogen) atoms. The van der Waals surface area contributed by atoms with Gasteiger partial charge in [-0.2, -0.15) is 0 Å². The summed E-state index contributed by atoms with van der Waals surface area (Å²) in [6, 6.07) is 11.9. The Morgan fingerprint density at radius 1 is 1.24 bits per heavy atom. The third-order valence-corrected chi connectivity index (χ3v) is 2.39. The Morgan fingerprint density at radius 3 is 2.71 bits per heavy atom. The first-order valence-corrected chi connectivity index (χ1v) is 5.25. The average molecular weight is 252 g/mol. The van der Waals surface area contributed by atoms with Gasteiger partial charge in [0, 0.05) is 12.1 Å². The van der Waals surface area contributed by atoms with Gasteiger partial charge in [0.1, 0.15) is 23.1 Å². The van der Waals surface area contributed by atoms with E-state index in [0.717, 1.165) is 6.07 Å². The van der Waals surface area contributed by atoms with Crippen LogP contribution in [-0.2, 0) is 0 Å². The first-order valence-electron chi connectivity index (χ1n) is 4.87. The number of hydrogen-bond donors (Lipinski definition) is 0. The van der Waals surface area contributed by atoms with Gasteiger partial charge in [0.2, 0.25) is 0 Å². The topological polar surface area (TPSA) is 18.5 Å². The van der Waals surface area contributed by atoms with E-state index < -0.39 is 5.82 Å². The van der Waals surface area contributed by atoms with Gasteiger partial charge < -0.3 is 9.47 Å². The van der Waals surface area contributed by atoms with Crippen molar-refractivity contribution in [1.29, 1.82) is 0 Å². The molecule has 0 bridgehead atoms. The van der Waals surface area contributed by atoms with E-state index in [4.69, 9.17) is 21.1 Å². The predicted octanol–water partition coefficient (Wildman–Crippen LogP) is 4.08. The third kappa shape index (κ3) is 2.88. The standard InChI is InChI=1S/C13H9ClFO2/c1-16-10-3-2-4-11(8-10)17-13-6-5-9(15)7-12(13)14/h2-4,6-8H,1H3. The maximum absolute atomic E-state index is 12.8. The highest BCUT2D eigenvalue weighted by atomic mass is 35.5. The SMILES string of the molecule is COc1cccc(Oc2c[c]c(F)cc2Cl)c1. The Morgan fingerprint density at radius 2 is 2.00 bits per heavy atom. The molecule has 0 saturated carbocycles. The zero-order valence-corrected chi connectivity index (χ0v) is 9.79. The molecule has 0 unspecified atom stereocenters. The molecule has 0 aromatic heterocycles. The molecular weight excluding hydrogens is 243 g/mol. The van der Waals surface area contributed by atoms with Crippen molar-refractivity contribution in [2.75, 3.05) is 7.11 Å². The van der Waals surface area contributed by atoms with Crippen LogP contribution in [0.1, 0.15) is 0 Å². The fourth-order valence-corrected chi connectivity index (χ4v) is 1.49. The Bertz CT molecular complexity index is 529. The van der Waals surface area contributed by atoms with Gasteiger partial charge in [-0.3, -0.25) is 0 Å². The summed E-state index contributed by atoms with van der Waals surface area (Å²) in [5, 5.41) is 0.198. The summed E-state index contributed by atoms with van der Waals surface area (Å²) >= 11 is 5.84. The minimum Gasteiger partial charge on any atom is -0.497 e. The third-order valence-electron chi connectivity index (χ3n) is 2.10. The van der Waals surface area contributed by atoms with E-state index in [1.807, 2.05) is 0 Å². The molecule has 0 saturated heterocycles. The summed E-state index contributed by atoms with van der Waals surface area (Å²) in [6.07, 6.45) is 0. The van der Waals surface area contributed by atoms with Crippen LogP contribution in [0.15, 0.2) is 36.4 Å². The van der Waals surface area contributed by atoms with Crippen molar-refractivity contribution in [3.05, 3.63) is 53.3 Å². The molecule has 0 atom stereocenters. The van der Waals surface area contributed by atoms with Crippen LogP contribution in [-0.4, -0.2) is 7.11 Å². The minimum atomic E-state index is -0.520. The van der Waals surface area contributed by atoms with E-state index in [-0.39, 0.29) is 5.02 Å². The van der Waals surface area contributed by atoms with E-state index in [1.165, 1.54) is 6.07 Å². The molecule has 1 radical (unpaired) electrons. The Balaban J connectivity index is 2.25. The van der Waals surface area contributed by atoms with Gasteiger partial charge in [0.25, 0.3) is 0 Å². The number of halogens is 2. The fourth-order valence-electron chi connectivity index (χ4n) is 1.30. The van der Waals surface area contributed by atoms with Crippen molar-refractivity contribution >= 4 is 11.6 Å². The first-order chi connectivity index (χ1) is 8.19. The quantitative estimate of drug-likeness (QED) is 0.818. The lowest BCUT2D eigenvalue weighted by Crippen LogP contribution is -1.88. The molecule has 2 nitrogen and oxygen atoms in total. The summed E-state index contributed by atoms with van der Waals surface area (Å²) in [7, 11) is 1.57. The normalized spacial score (nSPS) is 10.1. The lowest BCUT2D eigenvalue weighted by molar-refractivity contribution is 0.409. The van der Waals surface area contributed by atoms with Crippen molar-refractivity contribution < 1.29 is 13.9 Å². The number of hydrogen-bond acceptors (Lipinski definition) is 2. The van der Waals surface area contributed by atoms with Crippen molar-refractivity contribution in [1.82, 2.24) is 0 Å². The van der Waals surface area contributed by atoms with Gasteiger partial charge in [-0.1, -0.05) is 17.7 Å². The highest BCUT2D eigenvalue weighted by Crippen LogP contribution is 2.30. The minimum absolute atomic E-state index is 0.198. The lowest BCUT2D eigenvalue weighted by atomic mass is 10.3.